The van der Waals surface area contributed by atoms with Crippen molar-refractivity contribution in [2.24, 2.45) is 0 Å². The van der Waals surface area contributed by atoms with Gasteiger partial charge < -0.3 is 36.6 Å². The molecule has 0 aliphatic rings. The zero-order valence-corrected chi connectivity index (χ0v) is 33.2. The summed E-state index contributed by atoms with van der Waals surface area (Å²) >= 11 is 0. The second-order valence-corrected chi connectivity index (χ2v) is 14.5. The van der Waals surface area contributed by atoms with E-state index in [9.17, 15) is 43.8 Å². The molecule has 0 radical (unpaired) electrons. The highest BCUT2D eigenvalue weighted by atomic mass is 16.4. The summed E-state index contributed by atoms with van der Waals surface area (Å²) in [5.41, 5.74) is 0. The van der Waals surface area contributed by atoms with Crippen LogP contribution in [0.15, 0.2) is 0 Å². The van der Waals surface area contributed by atoms with Gasteiger partial charge in [0.1, 0.15) is 18.1 Å². The molecule has 3 unspecified atom stereocenters. The minimum Gasteiger partial charge on any atom is -0.481 e. The number of nitrogens with one attached hydrogen (secondary N) is 4. The molecule has 14 nitrogen and oxygen atoms in total. The molecule has 4 amide bonds. The van der Waals surface area contributed by atoms with Crippen LogP contribution in [0.4, 0.5) is 0 Å². The van der Waals surface area contributed by atoms with E-state index in [-0.39, 0.29) is 57.4 Å². The van der Waals surface area contributed by atoms with Gasteiger partial charge in [-0.25, -0.2) is 9.59 Å². The Labute approximate surface area is 323 Å². The molecular formula is C40H72N4O10. The first-order valence-electron chi connectivity index (χ1n) is 20.7. The van der Waals surface area contributed by atoms with Crippen LogP contribution in [0.3, 0.4) is 0 Å². The molecule has 0 heterocycles. The Kier molecular flexibility index (Phi) is 31.5. The van der Waals surface area contributed by atoms with Crippen molar-refractivity contribution in [1.82, 2.24) is 21.3 Å². The minimum atomic E-state index is -1.29. The van der Waals surface area contributed by atoms with Crippen molar-refractivity contribution in [3.8, 4) is 0 Å². The Balaban J connectivity index is 4.53. The minimum absolute atomic E-state index is 0.0288. The summed E-state index contributed by atoms with van der Waals surface area (Å²) in [6.45, 7) is 4.55. The molecule has 7 N–H and O–H groups in total. The molecule has 54 heavy (non-hydrogen) atoms. The van der Waals surface area contributed by atoms with Gasteiger partial charge in [0.25, 0.3) is 0 Å². The Hall–Kier alpha value is -3.71. The molecule has 0 aromatic heterocycles. The number of amides is 4. The molecule has 0 rings (SSSR count). The average molecular weight is 769 g/mol. The van der Waals surface area contributed by atoms with E-state index >= 15 is 0 Å². The third kappa shape index (κ3) is 29.7. The van der Waals surface area contributed by atoms with Crippen LogP contribution in [0.1, 0.15) is 187 Å². The van der Waals surface area contributed by atoms with E-state index in [1.165, 1.54) is 64.2 Å². The molecule has 0 fully saturated rings. The molecule has 312 valence electrons. The predicted molar refractivity (Wildman–Crippen MR) is 208 cm³/mol. The highest BCUT2D eigenvalue weighted by Crippen LogP contribution is 2.13. The van der Waals surface area contributed by atoms with Gasteiger partial charge in [-0.15, -0.1) is 0 Å². The van der Waals surface area contributed by atoms with E-state index in [1.54, 1.807) is 0 Å². The highest BCUT2D eigenvalue weighted by molar-refractivity contribution is 5.90. The second-order valence-electron chi connectivity index (χ2n) is 14.5. The van der Waals surface area contributed by atoms with Gasteiger partial charge in [0.15, 0.2) is 0 Å². The van der Waals surface area contributed by atoms with Crippen LogP contribution in [-0.2, 0) is 33.6 Å². The molecule has 0 saturated carbocycles. The molecule has 3 atom stereocenters. The Bertz CT molecular complexity index is 1090. The van der Waals surface area contributed by atoms with E-state index < -0.39 is 53.8 Å². The Morgan fingerprint density at radius 1 is 0.407 bits per heavy atom. The fourth-order valence-electron chi connectivity index (χ4n) is 6.11. The van der Waals surface area contributed by atoms with Crippen LogP contribution in [-0.4, -0.2) is 81.5 Å². The van der Waals surface area contributed by atoms with E-state index in [0.29, 0.717) is 25.7 Å². The van der Waals surface area contributed by atoms with Crippen LogP contribution < -0.4 is 21.3 Å². The zero-order chi connectivity index (χ0) is 40.4. The van der Waals surface area contributed by atoms with Gasteiger partial charge >= 0.3 is 17.9 Å². The Morgan fingerprint density at radius 2 is 0.815 bits per heavy atom. The van der Waals surface area contributed by atoms with Crippen LogP contribution in [0.2, 0.25) is 0 Å². The maximum Gasteiger partial charge on any atom is 0.326 e. The lowest BCUT2D eigenvalue weighted by Gasteiger charge is -2.21. The number of carbonyl (C=O) groups excluding carboxylic acids is 4. The van der Waals surface area contributed by atoms with Gasteiger partial charge in [-0.2, -0.15) is 0 Å². The van der Waals surface area contributed by atoms with Crippen molar-refractivity contribution >= 4 is 41.5 Å². The van der Waals surface area contributed by atoms with Gasteiger partial charge in [0.05, 0.1) is 0 Å². The van der Waals surface area contributed by atoms with Gasteiger partial charge in [0, 0.05) is 32.2 Å². The van der Waals surface area contributed by atoms with Gasteiger partial charge in [-0.3, -0.25) is 24.0 Å². The first-order chi connectivity index (χ1) is 25.9. The van der Waals surface area contributed by atoms with Gasteiger partial charge in [-0.1, -0.05) is 117 Å². The molecule has 0 aliphatic heterocycles. The molecular weight excluding hydrogens is 696 g/mol. The molecule has 0 spiro atoms. The summed E-state index contributed by atoms with van der Waals surface area (Å²) < 4.78 is 0. The summed E-state index contributed by atoms with van der Waals surface area (Å²) in [4.78, 5) is 84.9. The lowest BCUT2D eigenvalue weighted by Crippen LogP contribution is -2.51. The van der Waals surface area contributed by atoms with E-state index in [1.807, 2.05) is 0 Å². The van der Waals surface area contributed by atoms with E-state index in [4.69, 9.17) is 5.11 Å². The second kappa shape index (κ2) is 33.8. The maximum atomic E-state index is 13.0. The summed E-state index contributed by atoms with van der Waals surface area (Å²) in [7, 11) is 0. The predicted octanol–water partition coefficient (Wildman–Crippen LogP) is 6.38. The van der Waals surface area contributed by atoms with Crippen molar-refractivity contribution in [1.29, 1.82) is 0 Å². The van der Waals surface area contributed by atoms with Crippen LogP contribution >= 0.6 is 0 Å². The summed E-state index contributed by atoms with van der Waals surface area (Å²) in [5.74, 6) is -5.57. The normalized spacial score (nSPS) is 12.6. The van der Waals surface area contributed by atoms with Crippen LogP contribution in [0.5, 0.6) is 0 Å². The van der Waals surface area contributed by atoms with Crippen LogP contribution in [0, 0.1) is 0 Å². The first kappa shape index (κ1) is 50.3. The third-order valence-electron chi connectivity index (χ3n) is 9.46. The first-order valence-corrected chi connectivity index (χ1v) is 20.7. The summed E-state index contributed by atoms with van der Waals surface area (Å²) in [6.07, 6.45) is 20.0. The number of carbonyl (C=O) groups is 7. The number of unbranched alkanes of at least 4 members (excludes halogenated alkanes) is 17. The Morgan fingerprint density at radius 3 is 1.26 bits per heavy atom. The molecule has 14 heteroatoms. The monoisotopic (exact) mass is 769 g/mol. The number of carboxylic acids is 3. The largest absolute Gasteiger partial charge is 0.481 e. The lowest BCUT2D eigenvalue weighted by molar-refractivity contribution is -0.143. The lowest BCUT2D eigenvalue weighted by atomic mass is 10.1. The van der Waals surface area contributed by atoms with Crippen molar-refractivity contribution in [3.05, 3.63) is 0 Å². The SMILES string of the molecule is CCCCCCCCCCCC(=O)NC(CCC(=O)NCCCCC(NC(=O)C(CCC(=O)O)NC(=O)CCCCCCCCCCC)C(=O)O)C(=O)O. The van der Waals surface area contributed by atoms with Crippen LogP contribution in [0.25, 0.3) is 0 Å². The standard InChI is InChI=1S/C40H72N4O10/c1-3-5-7-9-11-13-15-17-19-24-35(46)42-31(27-29-37(48)49)38(50)44-32(39(51)52)23-21-22-30-41-34(45)28-26-33(40(53)54)43-36(47)25-20-18-16-14-12-10-8-6-4-2/h31-33H,3-30H2,1-2H3,(H,41,45)(H,42,46)(H,43,47)(H,44,50)(H,48,49)(H,51,52)(H,53,54). The smallest absolute Gasteiger partial charge is 0.326 e. The summed E-state index contributed by atoms with van der Waals surface area (Å²) in [6, 6.07) is -3.66. The van der Waals surface area contributed by atoms with Crippen molar-refractivity contribution in [2.75, 3.05) is 6.54 Å². The topological polar surface area (TPSA) is 228 Å². The summed E-state index contributed by atoms with van der Waals surface area (Å²) in [5, 5.41) is 38.5. The number of hydrogen-bond donors (Lipinski definition) is 7. The number of rotatable bonds is 37. The maximum absolute atomic E-state index is 13.0. The number of carboxylic acid groups (broad SMARTS) is 3. The van der Waals surface area contributed by atoms with Gasteiger partial charge in [0.2, 0.25) is 23.6 Å². The fraction of sp³-hybridized carbons (Fsp3) is 0.825. The van der Waals surface area contributed by atoms with Gasteiger partial charge in [-0.05, 0) is 44.9 Å². The zero-order valence-electron chi connectivity index (χ0n) is 33.2. The molecule has 0 saturated heterocycles. The quantitative estimate of drug-likeness (QED) is 0.0345. The number of aliphatic carboxylic acids is 3. The third-order valence-corrected chi connectivity index (χ3v) is 9.46. The van der Waals surface area contributed by atoms with Crippen molar-refractivity contribution in [2.45, 2.75) is 205 Å². The molecule has 0 aromatic carbocycles. The fourth-order valence-corrected chi connectivity index (χ4v) is 6.11. The number of hydrogen-bond acceptors (Lipinski definition) is 7. The average Bonchev–Trinajstić information content (AvgIpc) is 3.12. The highest BCUT2D eigenvalue weighted by Gasteiger charge is 2.27. The van der Waals surface area contributed by atoms with E-state index in [0.717, 1.165) is 38.5 Å². The molecule has 0 aromatic rings. The molecule has 0 bridgehead atoms. The molecule has 0 aliphatic carbocycles. The van der Waals surface area contributed by atoms with Crippen molar-refractivity contribution < 1.29 is 48.9 Å². The van der Waals surface area contributed by atoms with Crippen molar-refractivity contribution in [3.63, 3.8) is 0 Å². The van der Waals surface area contributed by atoms with E-state index in [2.05, 4.69) is 35.1 Å².